The minimum atomic E-state index is -0.255. The van der Waals surface area contributed by atoms with E-state index in [9.17, 15) is 9.18 Å². The molecule has 2 aliphatic heterocycles. The lowest BCUT2D eigenvalue weighted by Crippen LogP contribution is -2.36. The summed E-state index contributed by atoms with van der Waals surface area (Å²) in [5.41, 5.74) is 4.29. The second kappa shape index (κ2) is 8.24. The number of carbonyl (C=O) groups is 1. The number of halogens is 1. The Morgan fingerprint density at radius 3 is 2.83 bits per heavy atom. The van der Waals surface area contributed by atoms with Gasteiger partial charge in [0, 0.05) is 50.5 Å². The molecule has 1 aromatic carbocycles. The van der Waals surface area contributed by atoms with E-state index in [0.717, 1.165) is 36.6 Å². The molecule has 0 spiro atoms. The number of aromatic amines is 1. The lowest BCUT2D eigenvalue weighted by Gasteiger charge is -2.30. The Kier molecular flexibility index (Phi) is 5.69. The van der Waals surface area contributed by atoms with Crippen LogP contribution in [0.5, 0.6) is 0 Å². The van der Waals surface area contributed by atoms with E-state index in [4.69, 9.17) is 4.74 Å². The van der Waals surface area contributed by atoms with Gasteiger partial charge < -0.3 is 9.64 Å². The van der Waals surface area contributed by atoms with Crippen LogP contribution >= 0.6 is 0 Å². The van der Waals surface area contributed by atoms with Crippen LogP contribution in [0.4, 0.5) is 4.39 Å². The molecule has 156 valence electrons. The van der Waals surface area contributed by atoms with E-state index >= 15 is 0 Å². The summed E-state index contributed by atoms with van der Waals surface area (Å²) in [7, 11) is 1.60. The second-order valence-corrected chi connectivity index (χ2v) is 8.32. The van der Waals surface area contributed by atoms with Crippen LogP contribution < -0.4 is 0 Å². The summed E-state index contributed by atoms with van der Waals surface area (Å²) in [5, 5.41) is 7.37. The van der Waals surface area contributed by atoms with Crippen molar-refractivity contribution in [1.82, 2.24) is 20.0 Å². The number of ether oxygens (including phenoxy) is 1. The van der Waals surface area contributed by atoms with Gasteiger partial charge in [-0.1, -0.05) is 12.1 Å². The summed E-state index contributed by atoms with van der Waals surface area (Å²) in [6.07, 6.45) is 0.360. The molecule has 2 fully saturated rings. The zero-order valence-electron chi connectivity index (χ0n) is 17.3. The van der Waals surface area contributed by atoms with Crippen LogP contribution in [0.25, 0.3) is 0 Å². The molecule has 1 aromatic heterocycles. The van der Waals surface area contributed by atoms with E-state index < -0.39 is 0 Å². The van der Waals surface area contributed by atoms with E-state index in [2.05, 4.69) is 22.0 Å². The highest BCUT2D eigenvalue weighted by Gasteiger charge is 2.48. The van der Waals surface area contributed by atoms with Crippen molar-refractivity contribution in [3.8, 4) is 0 Å². The Labute approximate surface area is 171 Å². The van der Waals surface area contributed by atoms with Crippen molar-refractivity contribution >= 4 is 5.91 Å². The quantitative estimate of drug-likeness (QED) is 0.810. The van der Waals surface area contributed by atoms with Gasteiger partial charge in [0.15, 0.2) is 0 Å². The third-order valence-electron chi connectivity index (χ3n) is 6.43. The summed E-state index contributed by atoms with van der Waals surface area (Å²) in [6.45, 7) is 7.90. The van der Waals surface area contributed by atoms with Crippen LogP contribution in [0.2, 0.25) is 0 Å². The summed E-state index contributed by atoms with van der Waals surface area (Å²) in [5.74, 6) is 0.524. The van der Waals surface area contributed by atoms with Crippen LogP contribution in [0.15, 0.2) is 24.3 Å². The van der Waals surface area contributed by atoms with E-state index in [1.54, 1.807) is 19.2 Å². The van der Waals surface area contributed by atoms with Crippen LogP contribution in [-0.4, -0.2) is 59.3 Å². The van der Waals surface area contributed by atoms with Crippen molar-refractivity contribution in [3.05, 3.63) is 52.6 Å². The molecule has 29 heavy (non-hydrogen) atoms. The largest absolute Gasteiger partial charge is 0.384 e. The number of rotatable bonds is 6. The molecule has 1 N–H and O–H groups in total. The van der Waals surface area contributed by atoms with Gasteiger partial charge in [-0.3, -0.25) is 14.8 Å². The molecule has 0 unspecified atom stereocenters. The van der Waals surface area contributed by atoms with Crippen molar-refractivity contribution in [2.24, 2.45) is 11.8 Å². The number of hydrogen-bond acceptors (Lipinski definition) is 4. The minimum absolute atomic E-state index is 0.0865. The number of H-pyrrole nitrogens is 1. The lowest BCUT2D eigenvalue weighted by atomic mass is 9.89. The van der Waals surface area contributed by atoms with Gasteiger partial charge in [-0.2, -0.15) is 5.10 Å². The first-order valence-electron chi connectivity index (χ1n) is 10.2. The van der Waals surface area contributed by atoms with Crippen molar-refractivity contribution in [2.75, 3.05) is 33.4 Å². The summed E-state index contributed by atoms with van der Waals surface area (Å²) in [4.78, 5) is 17.3. The smallest absolute Gasteiger partial charge is 0.225 e. The fraction of sp³-hybridized carbons (Fsp3) is 0.545. The van der Waals surface area contributed by atoms with Crippen molar-refractivity contribution in [3.63, 3.8) is 0 Å². The SMILES string of the molecule is COCCC(=O)N1C[C@@H]2CN(Cc3c(C)n[nH]c3C)C[C@@H]2[C@H]1c1cccc(F)c1. The molecule has 4 rings (SSSR count). The maximum absolute atomic E-state index is 14.0. The predicted octanol–water partition coefficient (Wildman–Crippen LogP) is 2.83. The highest BCUT2D eigenvalue weighted by Crippen LogP contribution is 2.45. The standard InChI is InChI=1S/C22H29FN4O2/c1-14-19(15(2)25-24-14)12-26-10-17-11-27(21(28)7-8-29-3)22(20(17)13-26)16-5-4-6-18(23)9-16/h4-6,9,17,20,22H,7-8,10-13H2,1-3H3,(H,24,25)/t17-,20-,22+/m0/s1. The number of hydrogen-bond donors (Lipinski definition) is 1. The van der Waals surface area contributed by atoms with Gasteiger partial charge in [0.1, 0.15) is 5.82 Å². The summed E-state index contributed by atoms with van der Waals surface area (Å²) in [6, 6.07) is 6.63. The zero-order chi connectivity index (χ0) is 20.5. The Bertz CT molecular complexity index is 864. The molecule has 3 heterocycles. The first-order chi connectivity index (χ1) is 14.0. The molecule has 7 heteroatoms. The molecule has 2 aromatic rings. The molecular formula is C22H29FN4O2. The number of aromatic nitrogens is 2. The van der Waals surface area contributed by atoms with E-state index in [1.807, 2.05) is 17.9 Å². The fourth-order valence-electron chi connectivity index (χ4n) is 5.00. The van der Waals surface area contributed by atoms with Crippen molar-refractivity contribution in [1.29, 1.82) is 0 Å². The highest BCUT2D eigenvalue weighted by atomic mass is 19.1. The molecule has 1 amide bonds. The van der Waals surface area contributed by atoms with E-state index in [-0.39, 0.29) is 17.8 Å². The number of nitrogens with zero attached hydrogens (tertiary/aromatic N) is 3. The predicted molar refractivity (Wildman–Crippen MR) is 108 cm³/mol. The minimum Gasteiger partial charge on any atom is -0.384 e. The molecule has 0 bridgehead atoms. The molecule has 3 atom stereocenters. The van der Waals surface area contributed by atoms with E-state index in [1.165, 1.54) is 11.6 Å². The Morgan fingerprint density at radius 2 is 2.14 bits per heavy atom. The highest BCUT2D eigenvalue weighted by molar-refractivity contribution is 5.77. The number of amides is 1. The topological polar surface area (TPSA) is 61.5 Å². The third kappa shape index (κ3) is 3.94. The van der Waals surface area contributed by atoms with Crippen LogP contribution in [0.1, 0.15) is 35.0 Å². The van der Waals surface area contributed by atoms with Gasteiger partial charge in [-0.05, 0) is 37.5 Å². The van der Waals surface area contributed by atoms with Crippen LogP contribution in [0.3, 0.4) is 0 Å². The van der Waals surface area contributed by atoms with E-state index in [0.29, 0.717) is 31.4 Å². The molecule has 2 aliphatic rings. The maximum Gasteiger partial charge on any atom is 0.225 e. The number of aryl methyl sites for hydroxylation is 2. The number of fused-ring (bicyclic) bond motifs is 1. The van der Waals surface area contributed by atoms with Gasteiger partial charge in [0.2, 0.25) is 5.91 Å². The number of nitrogens with one attached hydrogen (secondary N) is 1. The van der Waals surface area contributed by atoms with Crippen molar-refractivity contribution in [2.45, 2.75) is 32.9 Å². The van der Waals surface area contributed by atoms with Crippen molar-refractivity contribution < 1.29 is 13.9 Å². The summed E-state index contributed by atoms with van der Waals surface area (Å²) >= 11 is 0. The number of benzene rings is 1. The first kappa shape index (κ1) is 20.0. The van der Waals surface area contributed by atoms with Crippen LogP contribution in [0, 0.1) is 31.5 Å². The molecular weight excluding hydrogens is 371 g/mol. The second-order valence-electron chi connectivity index (χ2n) is 8.32. The molecule has 0 aliphatic carbocycles. The van der Waals surface area contributed by atoms with Crippen LogP contribution in [-0.2, 0) is 16.1 Å². The van der Waals surface area contributed by atoms with Gasteiger partial charge in [0.05, 0.1) is 24.8 Å². The summed E-state index contributed by atoms with van der Waals surface area (Å²) < 4.78 is 19.1. The molecule has 0 saturated carbocycles. The normalized spacial score (nSPS) is 24.3. The zero-order valence-corrected chi connectivity index (χ0v) is 17.3. The number of carbonyl (C=O) groups excluding carboxylic acids is 1. The monoisotopic (exact) mass is 400 g/mol. The number of likely N-dealkylation sites (tertiary alicyclic amines) is 2. The Balaban J connectivity index is 1.56. The number of methoxy groups -OCH3 is 1. The van der Waals surface area contributed by atoms with Gasteiger partial charge >= 0.3 is 0 Å². The molecule has 0 radical (unpaired) electrons. The fourth-order valence-corrected chi connectivity index (χ4v) is 5.00. The average Bonchev–Trinajstić information content (AvgIpc) is 3.34. The molecule has 2 saturated heterocycles. The Hall–Kier alpha value is -2.25. The van der Waals surface area contributed by atoms with Gasteiger partial charge in [-0.15, -0.1) is 0 Å². The average molecular weight is 400 g/mol. The third-order valence-corrected chi connectivity index (χ3v) is 6.43. The van der Waals surface area contributed by atoms with Gasteiger partial charge in [-0.25, -0.2) is 4.39 Å². The Morgan fingerprint density at radius 1 is 1.31 bits per heavy atom. The molecule has 6 nitrogen and oxygen atoms in total. The maximum atomic E-state index is 14.0. The first-order valence-corrected chi connectivity index (χ1v) is 10.2. The van der Waals surface area contributed by atoms with Gasteiger partial charge in [0.25, 0.3) is 0 Å². The lowest BCUT2D eigenvalue weighted by molar-refractivity contribution is -0.133.